The fraction of sp³-hybridized carbons (Fsp3) is 0.929. The first kappa shape index (κ1) is 15.8. The highest BCUT2D eigenvalue weighted by molar-refractivity contribution is 5.85. The number of likely N-dealkylation sites (tertiary alicyclic amines) is 1. The van der Waals surface area contributed by atoms with E-state index in [1.807, 2.05) is 0 Å². The molecule has 0 aromatic heterocycles. The molecule has 0 bridgehead atoms. The van der Waals surface area contributed by atoms with E-state index in [1.165, 1.54) is 19.3 Å². The summed E-state index contributed by atoms with van der Waals surface area (Å²) in [5.41, 5.74) is 5.98. The Hall–Kier alpha value is -0.280. The molecule has 3 unspecified atom stereocenters. The van der Waals surface area contributed by atoms with Crippen molar-refractivity contribution in [3.8, 4) is 0 Å². The summed E-state index contributed by atoms with van der Waals surface area (Å²) in [4.78, 5) is 14.5. The van der Waals surface area contributed by atoms with Gasteiger partial charge in [-0.05, 0) is 38.0 Å². The minimum absolute atomic E-state index is 0. The van der Waals surface area contributed by atoms with Crippen LogP contribution in [0, 0.1) is 11.8 Å². The highest BCUT2D eigenvalue weighted by Crippen LogP contribution is 2.27. The SMILES string of the molecule is CCC1CCCN(C(=O)C2CCCC(N)C2)C1.Cl. The Balaban J connectivity index is 0.00000162. The van der Waals surface area contributed by atoms with Crippen LogP contribution in [0.2, 0.25) is 0 Å². The molecule has 0 aromatic carbocycles. The van der Waals surface area contributed by atoms with Crippen LogP contribution >= 0.6 is 12.4 Å². The fourth-order valence-electron chi connectivity index (χ4n) is 3.31. The zero-order valence-corrected chi connectivity index (χ0v) is 12.3. The molecule has 2 fully saturated rings. The van der Waals surface area contributed by atoms with Gasteiger partial charge in [-0.3, -0.25) is 4.79 Å². The van der Waals surface area contributed by atoms with Gasteiger partial charge in [-0.15, -0.1) is 12.4 Å². The molecule has 1 saturated carbocycles. The van der Waals surface area contributed by atoms with Gasteiger partial charge >= 0.3 is 0 Å². The van der Waals surface area contributed by atoms with Gasteiger partial charge < -0.3 is 10.6 Å². The van der Waals surface area contributed by atoms with Crippen molar-refractivity contribution in [2.75, 3.05) is 13.1 Å². The van der Waals surface area contributed by atoms with Crippen LogP contribution in [0.15, 0.2) is 0 Å². The van der Waals surface area contributed by atoms with E-state index in [-0.39, 0.29) is 24.4 Å². The van der Waals surface area contributed by atoms with E-state index in [2.05, 4.69) is 11.8 Å². The molecule has 3 nitrogen and oxygen atoms in total. The molecule has 0 radical (unpaired) electrons. The molecule has 0 aromatic rings. The standard InChI is InChI=1S/C14H26N2O.ClH/c1-2-11-5-4-8-16(10-11)14(17)12-6-3-7-13(15)9-12;/h11-13H,2-10,15H2,1H3;1H. The zero-order valence-electron chi connectivity index (χ0n) is 11.4. The number of carbonyl (C=O) groups excluding carboxylic acids is 1. The van der Waals surface area contributed by atoms with Crippen LogP contribution in [0.3, 0.4) is 0 Å². The van der Waals surface area contributed by atoms with Crippen molar-refractivity contribution >= 4 is 18.3 Å². The maximum Gasteiger partial charge on any atom is 0.225 e. The molecule has 2 aliphatic rings. The van der Waals surface area contributed by atoms with Gasteiger partial charge in [0, 0.05) is 25.0 Å². The Bertz CT molecular complexity index is 273. The van der Waals surface area contributed by atoms with Gasteiger partial charge in [-0.1, -0.05) is 19.8 Å². The number of rotatable bonds is 2. The number of piperidine rings is 1. The number of hydrogen-bond acceptors (Lipinski definition) is 2. The first-order valence-electron chi connectivity index (χ1n) is 7.25. The lowest BCUT2D eigenvalue weighted by atomic mass is 9.84. The van der Waals surface area contributed by atoms with Crippen LogP contribution in [-0.4, -0.2) is 29.9 Å². The quantitative estimate of drug-likeness (QED) is 0.841. The number of hydrogen-bond donors (Lipinski definition) is 1. The lowest BCUT2D eigenvalue weighted by Gasteiger charge is -2.36. The smallest absolute Gasteiger partial charge is 0.225 e. The molecule has 18 heavy (non-hydrogen) atoms. The normalized spacial score (nSPS) is 32.8. The molecule has 2 N–H and O–H groups in total. The molecule has 1 saturated heterocycles. The summed E-state index contributed by atoms with van der Waals surface area (Å²) in [6.07, 6.45) is 7.87. The van der Waals surface area contributed by atoms with E-state index >= 15 is 0 Å². The van der Waals surface area contributed by atoms with Gasteiger partial charge in [0.25, 0.3) is 0 Å². The topological polar surface area (TPSA) is 46.3 Å². The summed E-state index contributed by atoms with van der Waals surface area (Å²) in [7, 11) is 0. The summed E-state index contributed by atoms with van der Waals surface area (Å²) >= 11 is 0. The Kier molecular flexibility index (Phi) is 6.44. The molecule has 106 valence electrons. The highest BCUT2D eigenvalue weighted by atomic mass is 35.5. The van der Waals surface area contributed by atoms with Crippen LogP contribution in [-0.2, 0) is 4.79 Å². The lowest BCUT2D eigenvalue weighted by Crippen LogP contribution is -2.45. The van der Waals surface area contributed by atoms with Gasteiger partial charge in [0.15, 0.2) is 0 Å². The van der Waals surface area contributed by atoms with Crippen LogP contribution in [0.1, 0.15) is 51.9 Å². The molecule has 4 heteroatoms. The molecular formula is C14H27ClN2O. The summed E-state index contributed by atoms with van der Waals surface area (Å²) in [5.74, 6) is 1.33. The van der Waals surface area contributed by atoms with Crippen molar-refractivity contribution in [1.29, 1.82) is 0 Å². The highest BCUT2D eigenvalue weighted by Gasteiger charge is 2.31. The van der Waals surface area contributed by atoms with E-state index in [9.17, 15) is 4.79 Å². The summed E-state index contributed by atoms with van der Waals surface area (Å²) in [6.45, 7) is 4.19. The van der Waals surface area contributed by atoms with Gasteiger partial charge in [0.05, 0.1) is 0 Å². The van der Waals surface area contributed by atoms with Crippen LogP contribution in [0.25, 0.3) is 0 Å². The number of amides is 1. The van der Waals surface area contributed by atoms with E-state index in [0.717, 1.165) is 44.7 Å². The number of halogens is 1. The molecule has 1 amide bonds. The molecule has 1 aliphatic carbocycles. The van der Waals surface area contributed by atoms with Crippen LogP contribution in [0.5, 0.6) is 0 Å². The predicted octanol–water partition coefficient (Wildman–Crippen LogP) is 2.57. The Morgan fingerprint density at radius 3 is 2.72 bits per heavy atom. The molecule has 1 heterocycles. The first-order chi connectivity index (χ1) is 8.20. The molecule has 3 atom stereocenters. The third-order valence-electron chi connectivity index (χ3n) is 4.47. The van der Waals surface area contributed by atoms with Crippen LogP contribution in [0.4, 0.5) is 0 Å². The van der Waals surface area contributed by atoms with Crippen molar-refractivity contribution in [2.45, 2.75) is 57.9 Å². The van der Waals surface area contributed by atoms with Gasteiger partial charge in [0.2, 0.25) is 5.91 Å². The van der Waals surface area contributed by atoms with E-state index < -0.39 is 0 Å². The Morgan fingerprint density at radius 1 is 1.28 bits per heavy atom. The Labute approximate surface area is 117 Å². The monoisotopic (exact) mass is 274 g/mol. The van der Waals surface area contributed by atoms with E-state index in [0.29, 0.717) is 5.91 Å². The maximum absolute atomic E-state index is 12.4. The zero-order chi connectivity index (χ0) is 12.3. The number of nitrogens with two attached hydrogens (primary N) is 1. The van der Waals surface area contributed by atoms with E-state index in [4.69, 9.17) is 5.73 Å². The number of nitrogens with zero attached hydrogens (tertiary/aromatic N) is 1. The second-order valence-corrected chi connectivity index (χ2v) is 5.82. The molecule has 1 aliphatic heterocycles. The summed E-state index contributed by atoms with van der Waals surface area (Å²) in [5, 5.41) is 0. The average molecular weight is 275 g/mol. The van der Waals surface area contributed by atoms with Crippen LogP contribution < -0.4 is 5.73 Å². The van der Waals surface area contributed by atoms with E-state index in [1.54, 1.807) is 0 Å². The Morgan fingerprint density at radius 2 is 2.06 bits per heavy atom. The third-order valence-corrected chi connectivity index (χ3v) is 4.47. The molecular weight excluding hydrogens is 248 g/mol. The predicted molar refractivity (Wildman–Crippen MR) is 76.8 cm³/mol. The maximum atomic E-state index is 12.4. The summed E-state index contributed by atoms with van der Waals surface area (Å²) in [6, 6.07) is 0.254. The van der Waals surface area contributed by atoms with Gasteiger partial charge in [0.1, 0.15) is 0 Å². The van der Waals surface area contributed by atoms with Crippen molar-refractivity contribution in [2.24, 2.45) is 17.6 Å². The van der Waals surface area contributed by atoms with Crippen molar-refractivity contribution in [3.63, 3.8) is 0 Å². The minimum atomic E-state index is 0. The molecule has 2 rings (SSSR count). The number of carbonyl (C=O) groups is 1. The lowest BCUT2D eigenvalue weighted by molar-refractivity contribution is -0.138. The van der Waals surface area contributed by atoms with Crippen molar-refractivity contribution in [1.82, 2.24) is 4.90 Å². The minimum Gasteiger partial charge on any atom is -0.342 e. The van der Waals surface area contributed by atoms with Gasteiger partial charge in [-0.25, -0.2) is 0 Å². The van der Waals surface area contributed by atoms with Crippen molar-refractivity contribution in [3.05, 3.63) is 0 Å². The molecule has 0 spiro atoms. The average Bonchev–Trinajstić information content (AvgIpc) is 2.38. The largest absolute Gasteiger partial charge is 0.342 e. The van der Waals surface area contributed by atoms with Gasteiger partial charge in [-0.2, -0.15) is 0 Å². The summed E-state index contributed by atoms with van der Waals surface area (Å²) < 4.78 is 0. The fourth-order valence-corrected chi connectivity index (χ4v) is 3.31. The second kappa shape index (κ2) is 7.34. The third kappa shape index (κ3) is 3.86. The first-order valence-corrected chi connectivity index (χ1v) is 7.25. The van der Waals surface area contributed by atoms with Crippen molar-refractivity contribution < 1.29 is 4.79 Å². The second-order valence-electron chi connectivity index (χ2n) is 5.82.